The second-order valence-corrected chi connectivity index (χ2v) is 5.55. The summed E-state index contributed by atoms with van der Waals surface area (Å²) in [6.07, 6.45) is 6.46. The molecule has 0 aliphatic heterocycles. The number of nitrogen functional groups attached to an aromatic ring is 1. The van der Waals surface area contributed by atoms with Gasteiger partial charge in [0.2, 0.25) is 0 Å². The van der Waals surface area contributed by atoms with Gasteiger partial charge in [-0.05, 0) is 55.7 Å². The Morgan fingerprint density at radius 1 is 1.56 bits per heavy atom. The van der Waals surface area contributed by atoms with Gasteiger partial charge in [-0.2, -0.15) is 0 Å². The lowest BCUT2D eigenvalue weighted by atomic mass is 9.79. The van der Waals surface area contributed by atoms with Crippen LogP contribution in [0.1, 0.15) is 32.3 Å². The van der Waals surface area contributed by atoms with E-state index in [4.69, 9.17) is 5.73 Å². The molecule has 1 aromatic heterocycles. The molecule has 3 N–H and O–H groups in total. The summed E-state index contributed by atoms with van der Waals surface area (Å²) in [6.45, 7) is 4.37. The minimum Gasteiger partial charge on any atom is -0.392 e. The van der Waals surface area contributed by atoms with Gasteiger partial charge >= 0.3 is 0 Å². The quantitative estimate of drug-likeness (QED) is 0.806. The molecule has 3 heteroatoms. The van der Waals surface area contributed by atoms with Crippen LogP contribution in [0, 0.1) is 11.8 Å². The fraction of sp³-hybridized carbons (Fsp3) is 0.533. The van der Waals surface area contributed by atoms with Gasteiger partial charge in [-0.15, -0.1) is 0 Å². The Labute approximate surface area is 109 Å². The fourth-order valence-corrected chi connectivity index (χ4v) is 2.92. The molecule has 98 valence electrons. The summed E-state index contributed by atoms with van der Waals surface area (Å²) >= 11 is 0. The molecule has 3 nitrogen and oxygen atoms in total. The van der Waals surface area contributed by atoms with Crippen LogP contribution < -0.4 is 5.73 Å². The predicted octanol–water partition coefficient (Wildman–Crippen LogP) is 2.56. The molecule has 0 fully saturated rings. The van der Waals surface area contributed by atoms with Crippen molar-refractivity contribution in [3.05, 3.63) is 35.5 Å². The summed E-state index contributed by atoms with van der Waals surface area (Å²) in [5, 5.41) is 10.4. The average Bonchev–Trinajstić information content (AvgIpc) is 2.27. The van der Waals surface area contributed by atoms with Gasteiger partial charge in [0.05, 0.1) is 6.10 Å². The maximum Gasteiger partial charge on any atom is 0.123 e. The van der Waals surface area contributed by atoms with E-state index in [1.54, 1.807) is 6.20 Å². The number of anilines is 1. The molecule has 1 aliphatic rings. The Morgan fingerprint density at radius 2 is 2.33 bits per heavy atom. The Balaban J connectivity index is 2.00. The van der Waals surface area contributed by atoms with Gasteiger partial charge in [0.25, 0.3) is 0 Å². The number of nitrogens with zero attached hydrogens (tertiary/aromatic N) is 1. The lowest BCUT2D eigenvalue weighted by molar-refractivity contribution is 0.0932. The normalized spacial score (nSPS) is 25.6. The topological polar surface area (TPSA) is 59.1 Å². The lowest BCUT2D eigenvalue weighted by Gasteiger charge is -2.29. The third-order valence-electron chi connectivity index (χ3n) is 3.66. The maximum atomic E-state index is 10.4. The standard InChI is InChI=1S/C15H22N2O/c1-10-5-11(2)7-13(6-10)14(18)8-12-3-4-17-15(16)9-12/h3-5,9-10,13-14,18H,6-8H2,1-2H3,(H2,16,17). The van der Waals surface area contributed by atoms with Crippen molar-refractivity contribution in [3.63, 3.8) is 0 Å². The highest BCUT2D eigenvalue weighted by molar-refractivity contribution is 5.32. The van der Waals surface area contributed by atoms with Gasteiger partial charge in [0.15, 0.2) is 0 Å². The number of nitrogens with two attached hydrogens (primary N) is 1. The number of pyridine rings is 1. The number of allylic oxidation sites excluding steroid dienone is 2. The van der Waals surface area contributed by atoms with E-state index in [-0.39, 0.29) is 6.10 Å². The molecule has 0 amide bonds. The van der Waals surface area contributed by atoms with Crippen molar-refractivity contribution in [3.8, 4) is 0 Å². The molecule has 0 bridgehead atoms. The van der Waals surface area contributed by atoms with E-state index in [9.17, 15) is 5.11 Å². The molecular weight excluding hydrogens is 224 g/mol. The van der Waals surface area contributed by atoms with E-state index in [0.717, 1.165) is 18.4 Å². The number of aliphatic hydroxyl groups excluding tert-OH is 1. The first-order valence-corrected chi connectivity index (χ1v) is 6.60. The Kier molecular flexibility index (Phi) is 4.02. The van der Waals surface area contributed by atoms with Crippen LogP contribution in [-0.2, 0) is 6.42 Å². The third kappa shape index (κ3) is 3.33. The molecule has 0 aromatic carbocycles. The highest BCUT2D eigenvalue weighted by atomic mass is 16.3. The summed E-state index contributed by atoms with van der Waals surface area (Å²) in [6, 6.07) is 3.77. The first-order chi connectivity index (χ1) is 8.54. The van der Waals surface area contributed by atoms with Crippen molar-refractivity contribution in [2.24, 2.45) is 11.8 Å². The smallest absolute Gasteiger partial charge is 0.123 e. The third-order valence-corrected chi connectivity index (χ3v) is 3.66. The summed E-state index contributed by atoms with van der Waals surface area (Å²) in [5.41, 5.74) is 8.12. The van der Waals surface area contributed by atoms with Crippen molar-refractivity contribution in [2.75, 3.05) is 5.73 Å². The minimum atomic E-state index is -0.294. The molecule has 1 heterocycles. The van der Waals surface area contributed by atoms with E-state index in [0.29, 0.717) is 24.1 Å². The zero-order chi connectivity index (χ0) is 13.1. The number of aromatic nitrogens is 1. The van der Waals surface area contributed by atoms with Crippen LogP contribution in [-0.4, -0.2) is 16.2 Å². The van der Waals surface area contributed by atoms with Crippen molar-refractivity contribution in [2.45, 2.75) is 39.2 Å². The molecule has 2 rings (SSSR count). The van der Waals surface area contributed by atoms with E-state index in [1.807, 2.05) is 12.1 Å². The van der Waals surface area contributed by atoms with Crippen molar-refractivity contribution < 1.29 is 5.11 Å². The van der Waals surface area contributed by atoms with Crippen LogP contribution in [0.5, 0.6) is 0 Å². The van der Waals surface area contributed by atoms with E-state index >= 15 is 0 Å². The Hall–Kier alpha value is -1.35. The first-order valence-electron chi connectivity index (χ1n) is 6.60. The van der Waals surface area contributed by atoms with Crippen molar-refractivity contribution >= 4 is 5.82 Å². The molecule has 1 aromatic rings. The number of aliphatic hydroxyl groups is 1. The molecule has 18 heavy (non-hydrogen) atoms. The second-order valence-electron chi connectivity index (χ2n) is 5.55. The number of rotatable bonds is 3. The van der Waals surface area contributed by atoms with Gasteiger partial charge in [-0.1, -0.05) is 18.6 Å². The summed E-state index contributed by atoms with van der Waals surface area (Å²) in [4.78, 5) is 3.97. The van der Waals surface area contributed by atoms with Crippen LogP contribution in [0.25, 0.3) is 0 Å². The fourth-order valence-electron chi connectivity index (χ4n) is 2.92. The van der Waals surface area contributed by atoms with Crippen molar-refractivity contribution in [1.82, 2.24) is 4.98 Å². The number of hydrogen-bond donors (Lipinski definition) is 2. The summed E-state index contributed by atoms with van der Waals surface area (Å²) < 4.78 is 0. The average molecular weight is 246 g/mol. The molecule has 1 aliphatic carbocycles. The van der Waals surface area contributed by atoms with Crippen LogP contribution >= 0.6 is 0 Å². The molecule has 3 unspecified atom stereocenters. The largest absolute Gasteiger partial charge is 0.392 e. The summed E-state index contributed by atoms with van der Waals surface area (Å²) in [5.74, 6) is 1.45. The monoisotopic (exact) mass is 246 g/mol. The summed E-state index contributed by atoms with van der Waals surface area (Å²) in [7, 11) is 0. The van der Waals surface area contributed by atoms with E-state index < -0.39 is 0 Å². The first kappa shape index (κ1) is 13.1. The Morgan fingerprint density at radius 3 is 3.00 bits per heavy atom. The molecule has 0 spiro atoms. The predicted molar refractivity (Wildman–Crippen MR) is 74.0 cm³/mol. The lowest BCUT2D eigenvalue weighted by Crippen LogP contribution is -2.27. The molecule has 0 radical (unpaired) electrons. The second kappa shape index (κ2) is 5.53. The van der Waals surface area contributed by atoms with Gasteiger partial charge in [-0.25, -0.2) is 4.98 Å². The highest BCUT2D eigenvalue weighted by Gasteiger charge is 2.24. The molecule has 3 atom stereocenters. The highest BCUT2D eigenvalue weighted by Crippen LogP contribution is 2.31. The van der Waals surface area contributed by atoms with Crippen LogP contribution in [0.4, 0.5) is 5.82 Å². The number of hydrogen-bond acceptors (Lipinski definition) is 3. The van der Waals surface area contributed by atoms with E-state index in [1.165, 1.54) is 5.57 Å². The maximum absolute atomic E-state index is 10.4. The molecular formula is C15H22N2O. The van der Waals surface area contributed by atoms with Crippen LogP contribution in [0.15, 0.2) is 30.0 Å². The minimum absolute atomic E-state index is 0.294. The van der Waals surface area contributed by atoms with Crippen LogP contribution in [0.3, 0.4) is 0 Å². The molecule has 0 saturated heterocycles. The SMILES string of the molecule is CC1=CC(C)CC(C(O)Cc2ccnc(N)c2)C1. The van der Waals surface area contributed by atoms with E-state index in [2.05, 4.69) is 24.9 Å². The van der Waals surface area contributed by atoms with Crippen molar-refractivity contribution in [1.29, 1.82) is 0 Å². The molecule has 0 saturated carbocycles. The van der Waals surface area contributed by atoms with Gasteiger partial charge in [0.1, 0.15) is 5.82 Å². The van der Waals surface area contributed by atoms with Gasteiger partial charge < -0.3 is 10.8 Å². The van der Waals surface area contributed by atoms with Gasteiger partial charge in [0, 0.05) is 6.20 Å². The zero-order valence-electron chi connectivity index (χ0n) is 11.1. The van der Waals surface area contributed by atoms with Gasteiger partial charge in [-0.3, -0.25) is 0 Å². The Bertz CT molecular complexity index is 442. The zero-order valence-corrected chi connectivity index (χ0v) is 11.1. The van der Waals surface area contributed by atoms with Crippen LogP contribution in [0.2, 0.25) is 0 Å².